The molecule has 19 heavy (non-hydrogen) atoms. The summed E-state index contributed by atoms with van der Waals surface area (Å²) >= 11 is 0. The van der Waals surface area contributed by atoms with Crippen molar-refractivity contribution < 1.29 is 29.0 Å². The van der Waals surface area contributed by atoms with E-state index in [1.807, 2.05) is 0 Å². The fourth-order valence-corrected chi connectivity index (χ4v) is 1.33. The van der Waals surface area contributed by atoms with Crippen LogP contribution in [0.5, 0.6) is 0 Å². The standard InChI is InChI=1S/C12H17NO6/c1-12(2,3)19-11(17)13-8(10(15)16)9(14)7-5-4-6-18-7/h4-6,8-9,14H,1-3H3,(H,13,17)(H,15,16)/t8-,9+/m0/s1. The molecule has 0 saturated heterocycles. The SMILES string of the molecule is CC(C)(C)OC(=O)N[C@H](C(=O)O)[C@H](O)c1ccco1. The van der Waals surface area contributed by atoms with Crippen molar-refractivity contribution in [2.75, 3.05) is 0 Å². The predicted molar refractivity (Wildman–Crippen MR) is 64.5 cm³/mol. The Kier molecular flexibility index (Phi) is 4.55. The van der Waals surface area contributed by atoms with Crippen LogP contribution in [0.15, 0.2) is 22.8 Å². The molecule has 0 saturated carbocycles. The molecule has 0 bridgehead atoms. The summed E-state index contributed by atoms with van der Waals surface area (Å²) in [6, 6.07) is 1.36. The van der Waals surface area contributed by atoms with Gasteiger partial charge in [-0.2, -0.15) is 0 Å². The third-order valence-corrected chi connectivity index (χ3v) is 2.09. The molecule has 0 unspecified atom stereocenters. The average Bonchev–Trinajstić information content (AvgIpc) is 2.75. The molecular formula is C12H17NO6. The molecule has 106 valence electrons. The van der Waals surface area contributed by atoms with Crippen molar-refractivity contribution >= 4 is 12.1 Å². The Labute approximate surface area is 110 Å². The van der Waals surface area contributed by atoms with Crippen LogP contribution in [0.1, 0.15) is 32.6 Å². The minimum absolute atomic E-state index is 0.0449. The Bertz CT molecular complexity index is 434. The average molecular weight is 271 g/mol. The molecule has 0 spiro atoms. The Hall–Kier alpha value is -2.02. The molecule has 1 heterocycles. The first kappa shape index (κ1) is 15.0. The number of carboxylic acid groups (broad SMARTS) is 1. The van der Waals surface area contributed by atoms with E-state index >= 15 is 0 Å². The number of hydrogen-bond donors (Lipinski definition) is 3. The molecule has 7 nitrogen and oxygen atoms in total. The van der Waals surface area contributed by atoms with E-state index in [-0.39, 0.29) is 5.76 Å². The van der Waals surface area contributed by atoms with Gasteiger partial charge in [-0.25, -0.2) is 9.59 Å². The van der Waals surface area contributed by atoms with Crippen molar-refractivity contribution in [1.29, 1.82) is 0 Å². The Morgan fingerprint density at radius 1 is 1.42 bits per heavy atom. The highest BCUT2D eigenvalue weighted by Crippen LogP contribution is 2.18. The summed E-state index contributed by atoms with van der Waals surface area (Å²) in [4.78, 5) is 22.6. The first-order valence-corrected chi connectivity index (χ1v) is 5.64. The van der Waals surface area contributed by atoms with Crippen LogP contribution in [0, 0.1) is 0 Å². The second kappa shape index (κ2) is 5.75. The number of nitrogens with one attached hydrogen (secondary N) is 1. The molecule has 1 amide bonds. The third kappa shape index (κ3) is 4.63. The monoisotopic (exact) mass is 271 g/mol. The maximum Gasteiger partial charge on any atom is 0.408 e. The van der Waals surface area contributed by atoms with E-state index in [0.717, 1.165) is 0 Å². The van der Waals surface area contributed by atoms with Gasteiger partial charge in [0.2, 0.25) is 0 Å². The summed E-state index contributed by atoms with van der Waals surface area (Å²) in [7, 11) is 0. The highest BCUT2D eigenvalue weighted by molar-refractivity contribution is 5.80. The van der Waals surface area contributed by atoms with E-state index in [2.05, 4.69) is 5.32 Å². The number of aliphatic hydroxyl groups excluding tert-OH is 1. The van der Waals surface area contributed by atoms with Gasteiger partial charge < -0.3 is 24.7 Å². The Morgan fingerprint density at radius 2 is 2.05 bits per heavy atom. The van der Waals surface area contributed by atoms with Gasteiger partial charge >= 0.3 is 12.1 Å². The van der Waals surface area contributed by atoms with Gasteiger partial charge in [0, 0.05) is 0 Å². The first-order valence-electron chi connectivity index (χ1n) is 5.64. The van der Waals surface area contributed by atoms with Crippen LogP contribution in [0.4, 0.5) is 4.79 Å². The quantitative estimate of drug-likeness (QED) is 0.761. The Balaban J connectivity index is 2.74. The number of aliphatic hydroxyl groups is 1. The second-order valence-corrected chi connectivity index (χ2v) is 4.92. The number of ether oxygens (including phenoxy) is 1. The smallest absolute Gasteiger partial charge is 0.408 e. The maximum atomic E-state index is 11.5. The zero-order valence-electron chi connectivity index (χ0n) is 10.9. The Morgan fingerprint density at radius 3 is 2.47 bits per heavy atom. The number of carbonyl (C=O) groups is 2. The summed E-state index contributed by atoms with van der Waals surface area (Å²) in [5, 5.41) is 21.0. The number of amides is 1. The highest BCUT2D eigenvalue weighted by atomic mass is 16.6. The van der Waals surface area contributed by atoms with E-state index in [1.54, 1.807) is 20.8 Å². The first-order chi connectivity index (χ1) is 8.70. The van der Waals surface area contributed by atoms with Crippen molar-refractivity contribution in [1.82, 2.24) is 5.32 Å². The number of carbonyl (C=O) groups excluding carboxylic acids is 1. The zero-order valence-corrected chi connectivity index (χ0v) is 10.9. The second-order valence-electron chi connectivity index (χ2n) is 4.92. The molecule has 0 fully saturated rings. The normalized spacial score (nSPS) is 14.5. The molecule has 1 aromatic heterocycles. The minimum Gasteiger partial charge on any atom is -0.480 e. The number of aliphatic carboxylic acids is 1. The molecule has 0 radical (unpaired) electrons. The van der Waals surface area contributed by atoms with Gasteiger partial charge in [0.1, 0.15) is 17.5 Å². The van der Waals surface area contributed by atoms with Crippen molar-refractivity contribution in [3.05, 3.63) is 24.2 Å². The molecule has 7 heteroatoms. The van der Waals surface area contributed by atoms with E-state index in [9.17, 15) is 14.7 Å². The van der Waals surface area contributed by atoms with Gasteiger partial charge in [0.25, 0.3) is 0 Å². The number of furan rings is 1. The summed E-state index contributed by atoms with van der Waals surface area (Å²) in [5.41, 5.74) is -0.761. The number of carboxylic acids is 1. The van der Waals surface area contributed by atoms with Gasteiger partial charge in [-0.3, -0.25) is 0 Å². The third-order valence-electron chi connectivity index (χ3n) is 2.09. The lowest BCUT2D eigenvalue weighted by Gasteiger charge is -2.23. The fourth-order valence-electron chi connectivity index (χ4n) is 1.33. The molecule has 2 atom stereocenters. The molecule has 1 rings (SSSR count). The van der Waals surface area contributed by atoms with Gasteiger partial charge in [-0.05, 0) is 32.9 Å². The highest BCUT2D eigenvalue weighted by Gasteiger charge is 2.32. The molecular weight excluding hydrogens is 254 g/mol. The largest absolute Gasteiger partial charge is 0.480 e. The van der Waals surface area contributed by atoms with Gasteiger partial charge in [0.15, 0.2) is 6.04 Å². The van der Waals surface area contributed by atoms with Gasteiger partial charge in [0.05, 0.1) is 6.26 Å². The summed E-state index contributed by atoms with van der Waals surface area (Å²) in [5.74, 6) is -1.35. The van der Waals surface area contributed by atoms with Crippen molar-refractivity contribution in [3.8, 4) is 0 Å². The van der Waals surface area contributed by atoms with E-state index in [1.165, 1.54) is 18.4 Å². The number of alkyl carbamates (subject to hydrolysis) is 1. The van der Waals surface area contributed by atoms with Crippen LogP contribution < -0.4 is 5.32 Å². The van der Waals surface area contributed by atoms with Crippen LogP contribution in [0.3, 0.4) is 0 Å². The van der Waals surface area contributed by atoms with Crippen molar-refractivity contribution in [2.45, 2.75) is 38.5 Å². The summed E-state index contributed by atoms with van der Waals surface area (Å²) in [6.45, 7) is 4.93. The fraction of sp³-hybridized carbons (Fsp3) is 0.500. The molecule has 0 aromatic carbocycles. The van der Waals surface area contributed by atoms with Gasteiger partial charge in [-0.1, -0.05) is 0 Å². The summed E-state index contributed by atoms with van der Waals surface area (Å²) < 4.78 is 9.83. The van der Waals surface area contributed by atoms with Crippen LogP contribution in [-0.2, 0) is 9.53 Å². The van der Waals surface area contributed by atoms with Crippen molar-refractivity contribution in [2.24, 2.45) is 0 Å². The summed E-state index contributed by atoms with van der Waals surface area (Å²) in [6.07, 6.45) is -1.13. The predicted octanol–water partition coefficient (Wildman–Crippen LogP) is 1.29. The van der Waals surface area contributed by atoms with Crippen LogP contribution in [0.2, 0.25) is 0 Å². The van der Waals surface area contributed by atoms with E-state index < -0.39 is 29.8 Å². The minimum atomic E-state index is -1.55. The zero-order chi connectivity index (χ0) is 14.6. The maximum absolute atomic E-state index is 11.5. The molecule has 1 aromatic rings. The topological polar surface area (TPSA) is 109 Å². The number of hydrogen-bond acceptors (Lipinski definition) is 5. The number of rotatable bonds is 4. The lowest BCUT2D eigenvalue weighted by molar-refractivity contribution is -0.143. The lowest BCUT2D eigenvalue weighted by atomic mass is 10.1. The lowest BCUT2D eigenvalue weighted by Crippen LogP contribution is -2.46. The van der Waals surface area contributed by atoms with Crippen LogP contribution in [-0.4, -0.2) is 33.9 Å². The van der Waals surface area contributed by atoms with Crippen LogP contribution >= 0.6 is 0 Å². The van der Waals surface area contributed by atoms with E-state index in [4.69, 9.17) is 14.3 Å². The molecule has 0 aliphatic carbocycles. The molecule has 0 aliphatic heterocycles. The molecule has 0 aliphatic rings. The molecule has 3 N–H and O–H groups in total. The van der Waals surface area contributed by atoms with Gasteiger partial charge in [-0.15, -0.1) is 0 Å². The van der Waals surface area contributed by atoms with Crippen LogP contribution in [0.25, 0.3) is 0 Å². The van der Waals surface area contributed by atoms with E-state index in [0.29, 0.717) is 0 Å². The van der Waals surface area contributed by atoms with Crippen molar-refractivity contribution in [3.63, 3.8) is 0 Å².